The fourth-order valence-corrected chi connectivity index (χ4v) is 11.0. The van der Waals surface area contributed by atoms with E-state index < -0.39 is 124 Å². The number of benzene rings is 4. The molecule has 4 aromatic rings. The molecule has 4 aromatic carbocycles. The summed E-state index contributed by atoms with van der Waals surface area (Å²) in [5, 5.41) is 1.12. The van der Waals surface area contributed by atoms with Crippen LogP contribution in [0, 0.1) is 51.4 Å². The summed E-state index contributed by atoms with van der Waals surface area (Å²) in [6.07, 6.45) is -16.6. The van der Waals surface area contributed by atoms with Crippen LogP contribution in [0.3, 0.4) is 0 Å². The van der Waals surface area contributed by atoms with Crippen molar-refractivity contribution in [2.45, 2.75) is 130 Å². The molecule has 0 saturated carbocycles. The topological polar surface area (TPSA) is 172 Å². The van der Waals surface area contributed by atoms with Crippen LogP contribution in [0.1, 0.15) is 169 Å². The summed E-state index contributed by atoms with van der Waals surface area (Å²) in [6.45, 7) is 7.16. The van der Waals surface area contributed by atoms with Crippen molar-refractivity contribution in [1.82, 2.24) is 0 Å². The molecular formula is C60H65Cl3N4O4. The molecule has 0 radical (unpaired) electrons. The van der Waals surface area contributed by atoms with E-state index in [0.717, 1.165) is 33.4 Å². The van der Waals surface area contributed by atoms with Gasteiger partial charge < -0.3 is 22.9 Å². The molecule has 0 aliphatic heterocycles. The van der Waals surface area contributed by atoms with Gasteiger partial charge >= 0.3 is 0 Å². The smallest absolute Gasteiger partial charge is 0.224 e. The van der Waals surface area contributed by atoms with E-state index in [-0.39, 0.29) is 53.6 Å². The number of hydrogen-bond donors (Lipinski definition) is 4. The first-order valence-corrected chi connectivity index (χ1v) is 24.3. The zero-order valence-electron chi connectivity index (χ0n) is 58.5. The van der Waals surface area contributed by atoms with Gasteiger partial charge in [-0.3, -0.25) is 19.2 Å². The number of carbonyl (C=O) groups is 4. The standard InChI is InChI=1S/3C15H16ClNO.C15H17NO/c2*1-8-5-9-6-13-10(12(9)7-14(8)16)3-2-4-11(13)15(17)18;1-8-5-9(16)6-13-10-3-2-4-11(15(17)18)14(10)7-12(8)13;1-9-5-6-10-8-14-11(13(10)7-9)3-2-4-12(14)15(16)17/h2*5,7,11H,2-4,6H2,1H3,(H2,17,18);5-6,11H,2-4,7H2,1H3,(H2,17,18);5-7,12H,2-4,8H2,1H3,(H2,16,17)/i3D2,4D2,5D;3D2,4D2;3D2,4D2,6D;3D2,4D2,7D. The van der Waals surface area contributed by atoms with Crippen LogP contribution in [0.25, 0.3) is 22.3 Å². The Labute approximate surface area is 460 Å². The number of hydrogen-bond acceptors (Lipinski definition) is 4. The van der Waals surface area contributed by atoms with Gasteiger partial charge in [0.1, 0.15) is 0 Å². The number of amides is 4. The molecule has 0 heterocycles. The molecule has 4 atom stereocenters. The van der Waals surface area contributed by atoms with Crippen molar-refractivity contribution in [2.75, 3.05) is 0 Å². The molecule has 0 bridgehead atoms. The second-order valence-electron chi connectivity index (χ2n) is 18.5. The predicted octanol–water partition coefficient (Wildman–Crippen LogP) is 12.3. The van der Waals surface area contributed by atoms with Crippen LogP contribution in [-0.2, 0) is 44.9 Å². The maximum Gasteiger partial charge on any atom is 0.224 e. The molecular weight excluding hydrogens is 947 g/mol. The summed E-state index contributed by atoms with van der Waals surface area (Å²) in [6, 6.07) is 10.9. The Hall–Kier alpha value is -5.41. The van der Waals surface area contributed by atoms with Crippen LogP contribution in [-0.4, -0.2) is 23.6 Å². The SMILES string of the molecule is [2H]C1([2H])CC([2H])([2H])C(C(N)=O)C2=C1c1cc(Cl)c(C)cc1C2.[2H]c1c(C)c(Cl)cc2c1CC1=C2C([2H])([2H])CC([2H])([2H])C1C(N)=O.[2H]c1c(C)ccc2c1C1=C(C2)C(C(N)=O)C([2H])([2H])CC1([2H])[2H].[2H]c1c(Cl)cc(C)c2c1C1=C(C2)C(C(N)=O)C([2H])([2H])CC1([2H])[2H]. The highest BCUT2D eigenvalue weighted by Crippen LogP contribution is 2.49. The first-order valence-electron chi connectivity index (χ1n) is 32.6. The van der Waals surface area contributed by atoms with Gasteiger partial charge in [-0.25, -0.2) is 0 Å². The lowest BCUT2D eigenvalue weighted by Gasteiger charge is -2.22. The minimum absolute atomic E-state index is 0.0202. The van der Waals surface area contributed by atoms with Gasteiger partial charge in [0.05, 0.1) is 27.8 Å². The Balaban J connectivity index is 0.000000142. The van der Waals surface area contributed by atoms with Crippen molar-refractivity contribution in [3.8, 4) is 0 Å². The van der Waals surface area contributed by atoms with Crippen molar-refractivity contribution in [3.63, 3.8) is 0 Å². The second-order valence-corrected chi connectivity index (χ2v) is 19.7. The molecule has 4 unspecified atom stereocenters. The van der Waals surface area contributed by atoms with Crippen molar-refractivity contribution >= 4 is 80.7 Å². The van der Waals surface area contributed by atoms with E-state index in [2.05, 4.69) is 0 Å². The number of allylic oxidation sites excluding steroid dienone is 4. The fraction of sp³-hybridized carbons (Fsp3) is 0.400. The molecule has 8 nitrogen and oxygen atoms in total. The van der Waals surface area contributed by atoms with Gasteiger partial charge in [-0.15, -0.1) is 0 Å². The quantitative estimate of drug-likeness (QED) is 0.159. The first kappa shape index (κ1) is 31.9. The highest BCUT2D eigenvalue weighted by atomic mass is 35.5. The van der Waals surface area contributed by atoms with Crippen LogP contribution in [0.5, 0.6) is 0 Å². The predicted molar refractivity (Wildman–Crippen MR) is 288 cm³/mol. The number of rotatable bonds is 4. The maximum absolute atomic E-state index is 11.9. The maximum atomic E-state index is 11.9. The molecule has 0 aromatic heterocycles. The van der Waals surface area contributed by atoms with E-state index in [1.807, 2.05) is 26.0 Å². The van der Waals surface area contributed by atoms with Crippen LogP contribution in [0.2, 0.25) is 15.1 Å². The molecule has 11 heteroatoms. The molecule has 8 aliphatic carbocycles. The number of primary amides is 4. The van der Waals surface area contributed by atoms with Gasteiger partial charge in [0, 0.05) is 37.0 Å². The van der Waals surface area contributed by atoms with E-state index in [1.165, 1.54) is 0 Å². The molecule has 71 heavy (non-hydrogen) atoms. The summed E-state index contributed by atoms with van der Waals surface area (Å²) in [4.78, 5) is 47.3. The summed E-state index contributed by atoms with van der Waals surface area (Å²) in [5.41, 5.74) is 32.5. The van der Waals surface area contributed by atoms with Gasteiger partial charge in [0.15, 0.2) is 0 Å². The molecule has 12 rings (SSSR count). The Bertz CT molecular complexity index is 4010. The zero-order chi connectivity index (χ0) is 67.5. The highest BCUT2D eigenvalue weighted by molar-refractivity contribution is 6.32. The van der Waals surface area contributed by atoms with Crippen LogP contribution in [0.15, 0.2) is 76.8 Å². The van der Waals surface area contributed by atoms with Gasteiger partial charge in [-0.05, 0) is 260 Å². The monoisotopic (exact) mass is 1030 g/mol. The number of halogens is 3. The Morgan fingerprint density at radius 1 is 0.479 bits per heavy atom. The van der Waals surface area contributed by atoms with E-state index in [0.29, 0.717) is 83.3 Å². The summed E-state index contributed by atoms with van der Waals surface area (Å²) >= 11 is 18.4. The second kappa shape index (κ2) is 20.6. The minimum Gasteiger partial charge on any atom is -0.369 e. The van der Waals surface area contributed by atoms with Crippen molar-refractivity contribution in [3.05, 3.63) is 159 Å². The molecule has 0 spiro atoms. The Kier molecular flexibility index (Phi) is 9.26. The average Bonchev–Trinajstić information content (AvgIpc) is 1.56. The van der Waals surface area contributed by atoms with E-state index in [1.54, 1.807) is 38.1 Å². The summed E-state index contributed by atoms with van der Waals surface area (Å²) in [5.74, 6) is -7.75. The van der Waals surface area contributed by atoms with Crippen LogP contribution < -0.4 is 22.9 Å². The zero-order valence-corrected chi connectivity index (χ0v) is 41.8. The Morgan fingerprint density at radius 3 is 1.41 bits per heavy atom. The first-order chi connectivity index (χ1) is 41.0. The molecule has 4 amide bonds. The highest BCUT2D eigenvalue weighted by Gasteiger charge is 2.37. The number of nitrogens with two attached hydrogens (primary N) is 4. The van der Waals surface area contributed by atoms with Gasteiger partial charge in [0.25, 0.3) is 0 Å². The normalized spacial score (nSPS) is 31.5. The van der Waals surface area contributed by atoms with Crippen molar-refractivity contribution in [2.24, 2.45) is 46.6 Å². The van der Waals surface area contributed by atoms with E-state index >= 15 is 0 Å². The van der Waals surface area contributed by atoms with Crippen LogP contribution >= 0.6 is 34.8 Å². The lowest BCUT2D eigenvalue weighted by molar-refractivity contribution is -0.121. The lowest BCUT2D eigenvalue weighted by Crippen LogP contribution is -2.27. The molecule has 370 valence electrons. The third-order valence-corrected chi connectivity index (χ3v) is 14.9. The lowest BCUT2D eigenvalue weighted by atomic mass is 9.82. The molecule has 0 saturated heterocycles. The molecule has 8 aliphatic rings. The van der Waals surface area contributed by atoms with Crippen LogP contribution in [0.4, 0.5) is 0 Å². The van der Waals surface area contributed by atoms with E-state index in [4.69, 9.17) is 83.8 Å². The molecule has 0 fully saturated rings. The summed E-state index contributed by atoms with van der Waals surface area (Å²) in [7, 11) is 0. The van der Waals surface area contributed by atoms with Gasteiger partial charge in [0.2, 0.25) is 23.6 Å². The Morgan fingerprint density at radius 2 is 0.901 bits per heavy atom. The number of fused-ring (bicyclic) bond motifs is 8. The molecule has 8 N–H and O–H groups in total. The third-order valence-electron chi connectivity index (χ3n) is 13.9. The largest absolute Gasteiger partial charge is 0.369 e. The van der Waals surface area contributed by atoms with Crippen molar-refractivity contribution in [1.29, 1.82) is 0 Å². The summed E-state index contributed by atoms with van der Waals surface area (Å²) < 4.78 is 156. The minimum atomic E-state index is -2.06. The van der Waals surface area contributed by atoms with Gasteiger partial charge in [-0.2, -0.15) is 0 Å². The number of carbonyl (C=O) groups excluding carboxylic acids is 4. The third kappa shape index (κ3) is 9.93. The number of aryl methyl sites for hydroxylation is 3. The fourth-order valence-electron chi connectivity index (χ4n) is 10.5. The van der Waals surface area contributed by atoms with Gasteiger partial charge in [-0.1, -0.05) is 70.7 Å². The average molecular weight is 1030 g/mol. The van der Waals surface area contributed by atoms with Crippen molar-refractivity contribution < 1.29 is 45.2 Å². The van der Waals surface area contributed by atoms with E-state index in [9.17, 15) is 19.2 Å².